The molecule has 4 aromatic rings. The van der Waals surface area contributed by atoms with Gasteiger partial charge in [0.2, 0.25) is 5.13 Å². The summed E-state index contributed by atoms with van der Waals surface area (Å²) in [6.45, 7) is 2.06. The van der Waals surface area contributed by atoms with Gasteiger partial charge in [-0.25, -0.2) is 0 Å². The van der Waals surface area contributed by atoms with Crippen molar-refractivity contribution in [1.82, 2.24) is 20.2 Å². The third-order valence-electron chi connectivity index (χ3n) is 4.42. The molecule has 0 bridgehead atoms. The maximum absolute atomic E-state index is 13.0. The van der Waals surface area contributed by atoms with Crippen molar-refractivity contribution in [2.45, 2.75) is 13.5 Å². The SMILES string of the molecule is C#Cc1ccccc1-c1cc(C)ncc1C(=O)Nc1nnc(OCc2ccc(Cl)cn2)s1. The predicted molar refractivity (Wildman–Crippen MR) is 124 cm³/mol. The molecule has 0 aliphatic rings. The summed E-state index contributed by atoms with van der Waals surface area (Å²) in [5.41, 5.74) is 4.00. The van der Waals surface area contributed by atoms with Gasteiger partial charge in [0.1, 0.15) is 6.61 Å². The maximum Gasteiger partial charge on any atom is 0.296 e. The fourth-order valence-corrected chi connectivity index (χ4v) is 3.62. The topological polar surface area (TPSA) is 89.9 Å². The fourth-order valence-electron chi connectivity index (χ4n) is 2.92. The Bertz CT molecular complexity index is 1310. The summed E-state index contributed by atoms with van der Waals surface area (Å²) < 4.78 is 5.59. The van der Waals surface area contributed by atoms with Crippen LogP contribution in [0.4, 0.5) is 5.13 Å². The van der Waals surface area contributed by atoms with E-state index in [4.69, 9.17) is 22.8 Å². The minimum Gasteiger partial charge on any atom is -0.462 e. The first kappa shape index (κ1) is 21.4. The molecule has 0 fully saturated rings. The molecule has 0 aliphatic heterocycles. The Labute approximate surface area is 193 Å². The molecule has 4 rings (SSSR count). The second-order valence-electron chi connectivity index (χ2n) is 6.64. The number of nitrogens with zero attached hydrogens (tertiary/aromatic N) is 4. The molecule has 0 atom stereocenters. The van der Waals surface area contributed by atoms with Crippen LogP contribution in [0.25, 0.3) is 11.1 Å². The van der Waals surface area contributed by atoms with Crippen molar-refractivity contribution < 1.29 is 9.53 Å². The van der Waals surface area contributed by atoms with Gasteiger partial charge < -0.3 is 4.74 Å². The highest BCUT2D eigenvalue weighted by atomic mass is 35.5. The second-order valence-corrected chi connectivity index (χ2v) is 8.02. The average molecular weight is 462 g/mol. The minimum atomic E-state index is -0.374. The molecule has 0 saturated heterocycles. The van der Waals surface area contributed by atoms with Gasteiger partial charge >= 0.3 is 0 Å². The lowest BCUT2D eigenvalue weighted by atomic mass is 9.96. The zero-order valence-corrected chi connectivity index (χ0v) is 18.4. The zero-order valence-electron chi connectivity index (χ0n) is 16.9. The highest BCUT2D eigenvalue weighted by Crippen LogP contribution is 2.29. The predicted octanol–water partition coefficient (Wildman–Crippen LogP) is 4.77. The third kappa shape index (κ3) is 4.91. The molecular weight excluding hydrogens is 446 g/mol. The van der Waals surface area contributed by atoms with Crippen LogP contribution < -0.4 is 10.1 Å². The number of hydrogen-bond donors (Lipinski definition) is 1. The number of benzene rings is 1. The zero-order chi connectivity index (χ0) is 22.5. The molecule has 1 N–H and O–H groups in total. The molecule has 3 heterocycles. The quantitative estimate of drug-likeness (QED) is 0.416. The second kappa shape index (κ2) is 9.56. The lowest BCUT2D eigenvalue weighted by Crippen LogP contribution is -2.14. The summed E-state index contributed by atoms with van der Waals surface area (Å²) in [7, 11) is 0. The van der Waals surface area contributed by atoms with Gasteiger partial charge in [-0.15, -0.1) is 11.5 Å². The Morgan fingerprint density at radius 2 is 2.00 bits per heavy atom. The van der Waals surface area contributed by atoms with Crippen LogP contribution in [-0.4, -0.2) is 26.1 Å². The van der Waals surface area contributed by atoms with Gasteiger partial charge in [-0.05, 0) is 53.7 Å². The molecule has 0 radical (unpaired) electrons. The first-order valence-corrected chi connectivity index (χ1v) is 10.6. The Kier molecular flexibility index (Phi) is 6.40. The molecule has 1 amide bonds. The Balaban J connectivity index is 1.51. The van der Waals surface area contributed by atoms with Crippen LogP contribution in [0.2, 0.25) is 5.02 Å². The summed E-state index contributed by atoms with van der Waals surface area (Å²) in [4.78, 5) is 21.4. The monoisotopic (exact) mass is 461 g/mol. The van der Waals surface area contributed by atoms with E-state index in [1.807, 2.05) is 37.3 Å². The van der Waals surface area contributed by atoms with Gasteiger partial charge in [-0.1, -0.05) is 40.8 Å². The molecular formula is C23H16ClN5O2S. The van der Waals surface area contributed by atoms with Crippen molar-refractivity contribution in [3.05, 3.63) is 82.4 Å². The molecule has 1 aromatic carbocycles. The van der Waals surface area contributed by atoms with E-state index in [9.17, 15) is 4.79 Å². The number of nitrogens with one attached hydrogen (secondary N) is 1. The van der Waals surface area contributed by atoms with E-state index in [0.717, 1.165) is 22.6 Å². The van der Waals surface area contributed by atoms with Crippen molar-refractivity contribution in [2.24, 2.45) is 0 Å². The van der Waals surface area contributed by atoms with E-state index in [2.05, 4.69) is 31.4 Å². The average Bonchev–Trinajstić information content (AvgIpc) is 3.25. The van der Waals surface area contributed by atoms with Crippen LogP contribution in [-0.2, 0) is 6.61 Å². The molecule has 9 heteroatoms. The number of terminal acetylenes is 1. The molecule has 3 aromatic heterocycles. The fraction of sp³-hybridized carbons (Fsp3) is 0.0870. The molecule has 0 unspecified atom stereocenters. The van der Waals surface area contributed by atoms with Crippen LogP contribution in [0.3, 0.4) is 0 Å². The number of rotatable bonds is 6. The summed E-state index contributed by atoms with van der Waals surface area (Å²) in [6, 6.07) is 12.8. The van der Waals surface area contributed by atoms with E-state index >= 15 is 0 Å². The van der Waals surface area contributed by atoms with E-state index < -0.39 is 0 Å². The number of halogens is 1. The smallest absolute Gasteiger partial charge is 0.296 e. The molecule has 7 nitrogen and oxygen atoms in total. The van der Waals surface area contributed by atoms with Crippen molar-refractivity contribution >= 4 is 34.0 Å². The standard InChI is InChI=1S/C23H16ClN5O2S/c1-3-15-6-4-5-7-18(15)19-10-14(2)25-12-20(19)21(30)27-22-28-29-23(32-22)31-13-17-9-8-16(24)11-26-17/h1,4-12H,13H2,2H3,(H,27,28,30). The highest BCUT2D eigenvalue weighted by molar-refractivity contribution is 7.17. The Morgan fingerprint density at radius 3 is 2.78 bits per heavy atom. The van der Waals surface area contributed by atoms with Gasteiger partial charge in [0, 0.05) is 23.7 Å². The van der Waals surface area contributed by atoms with E-state index in [0.29, 0.717) is 37.7 Å². The van der Waals surface area contributed by atoms with Gasteiger partial charge in [-0.2, -0.15) is 0 Å². The van der Waals surface area contributed by atoms with Crippen molar-refractivity contribution in [3.8, 4) is 28.7 Å². The van der Waals surface area contributed by atoms with Gasteiger partial charge in [0.25, 0.3) is 11.1 Å². The Hall–Kier alpha value is -3.80. The number of carbonyl (C=O) groups is 1. The number of carbonyl (C=O) groups excluding carboxylic acids is 1. The van der Waals surface area contributed by atoms with E-state index in [-0.39, 0.29) is 12.5 Å². The van der Waals surface area contributed by atoms with Crippen LogP contribution in [0.15, 0.2) is 54.9 Å². The summed E-state index contributed by atoms with van der Waals surface area (Å²) in [6.07, 6.45) is 8.71. The largest absolute Gasteiger partial charge is 0.462 e. The van der Waals surface area contributed by atoms with Crippen LogP contribution in [0.1, 0.15) is 27.3 Å². The summed E-state index contributed by atoms with van der Waals surface area (Å²) >= 11 is 6.94. The lowest BCUT2D eigenvalue weighted by Gasteiger charge is -2.11. The minimum absolute atomic E-state index is 0.203. The summed E-state index contributed by atoms with van der Waals surface area (Å²) in [5.74, 6) is 2.29. The molecule has 0 spiro atoms. The number of ether oxygens (including phenoxy) is 1. The first-order valence-electron chi connectivity index (χ1n) is 9.44. The van der Waals surface area contributed by atoms with E-state index in [1.54, 1.807) is 12.1 Å². The van der Waals surface area contributed by atoms with Crippen LogP contribution in [0.5, 0.6) is 5.19 Å². The van der Waals surface area contributed by atoms with Gasteiger partial charge in [-0.3, -0.25) is 20.1 Å². The van der Waals surface area contributed by atoms with Crippen molar-refractivity contribution in [1.29, 1.82) is 0 Å². The van der Waals surface area contributed by atoms with E-state index in [1.165, 1.54) is 12.4 Å². The number of aromatic nitrogens is 4. The highest BCUT2D eigenvalue weighted by Gasteiger charge is 2.18. The molecule has 0 aliphatic carbocycles. The first-order chi connectivity index (χ1) is 15.5. The normalized spacial score (nSPS) is 10.4. The third-order valence-corrected chi connectivity index (χ3v) is 5.39. The summed E-state index contributed by atoms with van der Waals surface area (Å²) in [5, 5.41) is 11.8. The number of pyridine rings is 2. The van der Waals surface area contributed by atoms with Crippen molar-refractivity contribution in [2.75, 3.05) is 5.32 Å². The van der Waals surface area contributed by atoms with Crippen LogP contribution >= 0.6 is 22.9 Å². The number of anilines is 1. The number of amides is 1. The molecule has 32 heavy (non-hydrogen) atoms. The van der Waals surface area contributed by atoms with Gasteiger partial charge in [0.05, 0.1) is 16.3 Å². The number of aryl methyl sites for hydroxylation is 1. The Morgan fingerprint density at radius 1 is 1.16 bits per heavy atom. The maximum atomic E-state index is 13.0. The number of hydrogen-bond acceptors (Lipinski definition) is 7. The van der Waals surface area contributed by atoms with Gasteiger partial charge in [0.15, 0.2) is 0 Å². The molecule has 158 valence electrons. The molecule has 0 saturated carbocycles. The van der Waals surface area contributed by atoms with Crippen molar-refractivity contribution in [3.63, 3.8) is 0 Å². The lowest BCUT2D eigenvalue weighted by molar-refractivity contribution is 0.102. The van der Waals surface area contributed by atoms with Crippen LogP contribution in [0, 0.1) is 19.3 Å².